The molecule has 3 aromatic rings. The number of amides is 3. The number of ether oxygens (including phenoxy) is 1. The minimum Gasteiger partial charge on any atom is -0.449 e. The number of carbonyl (C=O) groups is 3. The minimum atomic E-state index is -4.80. The number of halogens is 4. The predicted octanol–water partition coefficient (Wildman–Crippen LogP) is 7.77. The molecule has 0 spiro atoms. The molecule has 0 saturated carbocycles. The number of thioether (sulfide) groups is 1. The first-order valence-corrected chi connectivity index (χ1v) is 13.7. The highest BCUT2D eigenvalue weighted by molar-refractivity contribution is 9.10. The van der Waals surface area contributed by atoms with Gasteiger partial charge in [-0.3, -0.25) is 29.4 Å². The molecule has 42 heavy (non-hydrogen) atoms. The van der Waals surface area contributed by atoms with Crippen LogP contribution in [0.4, 0.5) is 29.3 Å². The van der Waals surface area contributed by atoms with E-state index in [0.29, 0.717) is 34.1 Å². The average Bonchev–Trinajstić information content (AvgIpc) is 3.14. The van der Waals surface area contributed by atoms with E-state index in [1.165, 1.54) is 24.3 Å². The fourth-order valence-electron chi connectivity index (χ4n) is 4.24. The van der Waals surface area contributed by atoms with E-state index in [2.05, 4.69) is 21.2 Å². The molecule has 0 unspecified atom stereocenters. The molecule has 0 radical (unpaired) electrons. The summed E-state index contributed by atoms with van der Waals surface area (Å²) in [6, 6.07) is 10.0. The molecule has 3 aromatic carbocycles. The number of nitrogens with one attached hydrogen (secondary N) is 1. The summed E-state index contributed by atoms with van der Waals surface area (Å²) in [6.07, 6.45) is -3.50. The summed E-state index contributed by atoms with van der Waals surface area (Å²) in [4.78, 5) is 49.7. The first-order valence-electron chi connectivity index (χ1n) is 12.1. The summed E-state index contributed by atoms with van der Waals surface area (Å²) in [5.41, 5.74) is 1.31. The average molecular weight is 664 g/mol. The van der Waals surface area contributed by atoms with Crippen LogP contribution in [-0.4, -0.2) is 33.4 Å². The summed E-state index contributed by atoms with van der Waals surface area (Å²) in [6.45, 7) is 5.05. The first-order chi connectivity index (χ1) is 19.6. The quantitative estimate of drug-likeness (QED) is 0.156. The van der Waals surface area contributed by atoms with Crippen molar-refractivity contribution in [2.75, 3.05) is 11.9 Å². The van der Waals surface area contributed by atoms with Crippen molar-refractivity contribution in [2.24, 2.45) is 0 Å². The second kappa shape index (κ2) is 12.0. The maximum Gasteiger partial charge on any atom is 0.416 e. The van der Waals surface area contributed by atoms with Gasteiger partial charge in [0.2, 0.25) is 11.7 Å². The summed E-state index contributed by atoms with van der Waals surface area (Å²) >= 11 is 3.86. The molecule has 1 aliphatic rings. The van der Waals surface area contributed by atoms with Crippen LogP contribution in [0.5, 0.6) is 11.5 Å². The molecular weight excluding hydrogens is 643 g/mol. The number of nitro benzene ring substituents is 1. The molecule has 14 heteroatoms. The molecule has 1 N–H and O–H groups in total. The van der Waals surface area contributed by atoms with Crippen molar-refractivity contribution in [1.29, 1.82) is 0 Å². The Morgan fingerprint density at radius 1 is 1.07 bits per heavy atom. The number of rotatable bonds is 7. The largest absolute Gasteiger partial charge is 0.449 e. The molecular formula is C28H21BrF3N3O6S. The zero-order valence-corrected chi connectivity index (χ0v) is 24.6. The summed E-state index contributed by atoms with van der Waals surface area (Å²) in [5.74, 6) is -1.81. The monoisotopic (exact) mass is 663 g/mol. The molecule has 0 aliphatic carbocycles. The van der Waals surface area contributed by atoms with Gasteiger partial charge in [-0.15, -0.1) is 0 Å². The lowest BCUT2D eigenvalue weighted by molar-refractivity contribution is -0.385. The third-order valence-corrected chi connectivity index (χ3v) is 7.48. The maximum atomic E-state index is 13.1. The smallest absolute Gasteiger partial charge is 0.416 e. The van der Waals surface area contributed by atoms with Gasteiger partial charge < -0.3 is 10.1 Å². The standard InChI is InChI=1S/C28H21BrF3N3O6S/c1-14-8-15(2)25(16(3)9-14)33-24(36)13-34-26(37)23(42-27(34)38)11-17-10-19(29)5-7-21(17)41-22-6-4-18(28(30,31)32)12-20(22)35(39)40/h4-12H,13H2,1-3H3,(H,33,36)/b23-11+. The number of nitrogens with zero attached hydrogens (tertiary/aromatic N) is 2. The number of anilines is 1. The highest BCUT2D eigenvalue weighted by Crippen LogP contribution is 2.40. The lowest BCUT2D eigenvalue weighted by atomic mass is 10.1. The molecule has 1 saturated heterocycles. The predicted molar refractivity (Wildman–Crippen MR) is 154 cm³/mol. The van der Waals surface area contributed by atoms with E-state index >= 15 is 0 Å². The van der Waals surface area contributed by atoms with Gasteiger partial charge >= 0.3 is 11.9 Å². The van der Waals surface area contributed by atoms with Gasteiger partial charge in [-0.05, 0) is 80.1 Å². The zero-order chi connectivity index (χ0) is 30.9. The van der Waals surface area contributed by atoms with E-state index in [-0.39, 0.29) is 16.2 Å². The van der Waals surface area contributed by atoms with E-state index in [1.807, 2.05) is 32.9 Å². The summed E-state index contributed by atoms with van der Waals surface area (Å²) in [7, 11) is 0. The van der Waals surface area contributed by atoms with Crippen molar-refractivity contribution in [3.63, 3.8) is 0 Å². The van der Waals surface area contributed by atoms with Gasteiger partial charge in [-0.25, -0.2) is 0 Å². The van der Waals surface area contributed by atoms with Crippen molar-refractivity contribution >= 4 is 62.2 Å². The molecule has 4 rings (SSSR count). The molecule has 0 atom stereocenters. The van der Waals surface area contributed by atoms with Gasteiger partial charge in [0.25, 0.3) is 11.1 Å². The maximum absolute atomic E-state index is 13.1. The van der Waals surface area contributed by atoms with Crippen LogP contribution in [0.3, 0.4) is 0 Å². The van der Waals surface area contributed by atoms with Crippen LogP contribution < -0.4 is 10.1 Å². The van der Waals surface area contributed by atoms with Crippen LogP contribution in [0.1, 0.15) is 27.8 Å². The van der Waals surface area contributed by atoms with E-state index < -0.39 is 51.7 Å². The van der Waals surface area contributed by atoms with Gasteiger partial charge in [-0.1, -0.05) is 33.6 Å². The fourth-order valence-corrected chi connectivity index (χ4v) is 5.45. The van der Waals surface area contributed by atoms with Crippen molar-refractivity contribution in [3.8, 4) is 11.5 Å². The van der Waals surface area contributed by atoms with Gasteiger partial charge in [0, 0.05) is 21.8 Å². The molecule has 218 valence electrons. The third kappa shape index (κ3) is 6.82. The molecule has 9 nitrogen and oxygen atoms in total. The van der Waals surface area contributed by atoms with Crippen molar-refractivity contribution in [2.45, 2.75) is 26.9 Å². The van der Waals surface area contributed by atoms with E-state index in [9.17, 15) is 37.7 Å². The molecule has 1 fully saturated rings. The number of carbonyl (C=O) groups excluding carboxylic acids is 3. The van der Waals surface area contributed by atoms with Gasteiger partial charge in [0.15, 0.2) is 0 Å². The Hall–Kier alpha value is -4.17. The van der Waals surface area contributed by atoms with Crippen molar-refractivity contribution in [3.05, 3.63) is 95.8 Å². The van der Waals surface area contributed by atoms with Crippen LogP contribution in [-0.2, 0) is 15.8 Å². The van der Waals surface area contributed by atoms with Crippen LogP contribution in [0, 0.1) is 30.9 Å². The van der Waals surface area contributed by atoms with E-state index in [1.54, 1.807) is 0 Å². The van der Waals surface area contributed by atoms with E-state index in [0.717, 1.165) is 27.7 Å². The molecule has 0 aromatic heterocycles. The number of imide groups is 1. The van der Waals surface area contributed by atoms with Crippen LogP contribution in [0.25, 0.3) is 6.08 Å². The second-order valence-electron chi connectivity index (χ2n) is 9.31. The minimum absolute atomic E-state index is 0.0316. The normalized spacial score (nSPS) is 14.5. The Balaban J connectivity index is 1.59. The first kappa shape index (κ1) is 30.8. The van der Waals surface area contributed by atoms with Crippen molar-refractivity contribution in [1.82, 2.24) is 4.90 Å². The number of nitro groups is 1. The summed E-state index contributed by atoms with van der Waals surface area (Å²) < 4.78 is 45.4. The zero-order valence-electron chi connectivity index (χ0n) is 22.2. The SMILES string of the molecule is Cc1cc(C)c(NC(=O)CN2C(=O)S/C(=C/c3cc(Br)ccc3Oc3ccc(C(F)(F)F)cc3[N+](=O)[O-])C2=O)c(C)c1. The third-order valence-electron chi connectivity index (χ3n) is 6.08. The van der Waals surface area contributed by atoms with Crippen LogP contribution in [0.15, 0.2) is 57.9 Å². The Morgan fingerprint density at radius 3 is 2.33 bits per heavy atom. The molecule has 1 heterocycles. The molecule has 1 aliphatic heterocycles. The van der Waals surface area contributed by atoms with Gasteiger partial charge in [0.05, 0.1) is 15.4 Å². The summed E-state index contributed by atoms with van der Waals surface area (Å²) in [5, 5.41) is 13.6. The number of hydrogen-bond donors (Lipinski definition) is 1. The number of aryl methyl sites for hydroxylation is 3. The highest BCUT2D eigenvalue weighted by Gasteiger charge is 2.37. The Kier molecular flexibility index (Phi) is 8.78. The van der Waals surface area contributed by atoms with Gasteiger partial charge in [-0.2, -0.15) is 13.2 Å². The Labute approximate surface area is 250 Å². The lowest BCUT2D eigenvalue weighted by Gasteiger charge is -2.16. The molecule has 3 amide bonds. The number of benzene rings is 3. The molecule has 0 bridgehead atoms. The van der Waals surface area contributed by atoms with Gasteiger partial charge in [0.1, 0.15) is 12.3 Å². The van der Waals surface area contributed by atoms with E-state index in [4.69, 9.17) is 4.74 Å². The highest BCUT2D eigenvalue weighted by atomic mass is 79.9. The van der Waals surface area contributed by atoms with Crippen LogP contribution in [0.2, 0.25) is 0 Å². The van der Waals surface area contributed by atoms with Crippen LogP contribution >= 0.6 is 27.7 Å². The fraction of sp³-hybridized carbons (Fsp3) is 0.179. The second-order valence-corrected chi connectivity index (χ2v) is 11.2. The Morgan fingerprint density at radius 2 is 1.71 bits per heavy atom. The van der Waals surface area contributed by atoms with Crippen molar-refractivity contribution < 1.29 is 37.2 Å². The Bertz CT molecular complexity index is 1650. The number of alkyl halides is 3. The number of hydrogen-bond acceptors (Lipinski definition) is 7. The lowest BCUT2D eigenvalue weighted by Crippen LogP contribution is -2.36. The topological polar surface area (TPSA) is 119 Å².